The van der Waals surface area contributed by atoms with Crippen molar-refractivity contribution >= 4 is 29.4 Å². The van der Waals surface area contributed by atoms with Crippen LogP contribution in [-0.2, 0) is 9.59 Å². The van der Waals surface area contributed by atoms with Crippen LogP contribution in [0.3, 0.4) is 0 Å². The summed E-state index contributed by atoms with van der Waals surface area (Å²) in [6.45, 7) is 0.905. The van der Waals surface area contributed by atoms with Gasteiger partial charge in [-0.05, 0) is 18.6 Å². The Kier molecular flexibility index (Phi) is 6.25. The summed E-state index contributed by atoms with van der Waals surface area (Å²) in [5.41, 5.74) is 0. The van der Waals surface area contributed by atoms with Crippen LogP contribution in [0.4, 0.5) is 4.79 Å². The summed E-state index contributed by atoms with van der Waals surface area (Å²) in [6.07, 6.45) is 0.605. The van der Waals surface area contributed by atoms with E-state index < -0.39 is 12.1 Å². The van der Waals surface area contributed by atoms with Gasteiger partial charge in [0.1, 0.15) is 11.8 Å². The number of carbonyl (C=O) groups is 3. The molecule has 0 aliphatic carbocycles. The average Bonchev–Trinajstić information content (AvgIpc) is 2.77. The predicted molar refractivity (Wildman–Crippen MR) is 93.5 cm³/mol. The van der Waals surface area contributed by atoms with Crippen molar-refractivity contribution in [1.82, 2.24) is 14.7 Å². The van der Waals surface area contributed by atoms with Crippen LogP contribution in [-0.4, -0.2) is 72.9 Å². The van der Waals surface area contributed by atoms with Gasteiger partial charge in [0.25, 0.3) is 5.91 Å². The Bertz CT molecular complexity index is 667. The Morgan fingerprint density at radius 2 is 1.96 bits per heavy atom. The Morgan fingerprint density at radius 3 is 2.56 bits per heavy atom. The molecule has 0 spiro atoms. The van der Waals surface area contributed by atoms with Crippen molar-refractivity contribution in [1.29, 1.82) is 0 Å². The highest BCUT2D eigenvalue weighted by Gasteiger charge is 2.42. The van der Waals surface area contributed by atoms with Crippen LogP contribution in [0.1, 0.15) is 12.8 Å². The Morgan fingerprint density at radius 1 is 1.28 bits per heavy atom. The maximum absolute atomic E-state index is 12.3. The van der Waals surface area contributed by atoms with Crippen molar-refractivity contribution in [3.05, 3.63) is 29.3 Å². The lowest BCUT2D eigenvalue weighted by Crippen LogP contribution is -2.38. The Labute approximate surface area is 152 Å². The maximum atomic E-state index is 12.3. The van der Waals surface area contributed by atoms with E-state index in [9.17, 15) is 14.4 Å². The van der Waals surface area contributed by atoms with E-state index in [2.05, 4.69) is 0 Å². The first-order valence-electron chi connectivity index (χ1n) is 7.98. The predicted octanol–water partition coefficient (Wildman–Crippen LogP) is 1.85. The van der Waals surface area contributed by atoms with Crippen LogP contribution >= 0.6 is 11.6 Å². The van der Waals surface area contributed by atoms with Crippen LogP contribution in [0.25, 0.3) is 0 Å². The van der Waals surface area contributed by atoms with E-state index in [1.54, 1.807) is 24.1 Å². The highest BCUT2D eigenvalue weighted by molar-refractivity contribution is 6.32. The van der Waals surface area contributed by atoms with Crippen LogP contribution in [0, 0.1) is 0 Å². The van der Waals surface area contributed by atoms with Gasteiger partial charge in [0, 0.05) is 27.7 Å². The highest BCUT2D eigenvalue weighted by atomic mass is 35.5. The third-order valence-corrected chi connectivity index (χ3v) is 4.51. The Balaban J connectivity index is 1.76. The number of hydrogen-bond acceptors (Lipinski definition) is 4. The molecule has 25 heavy (non-hydrogen) atoms. The van der Waals surface area contributed by atoms with Gasteiger partial charge in [0.15, 0.2) is 0 Å². The first-order valence-corrected chi connectivity index (χ1v) is 8.36. The molecule has 4 amide bonds. The monoisotopic (exact) mass is 367 g/mol. The molecule has 1 aliphatic heterocycles. The number of amides is 4. The molecule has 0 unspecified atom stereocenters. The van der Waals surface area contributed by atoms with Gasteiger partial charge >= 0.3 is 6.03 Å². The van der Waals surface area contributed by atoms with Crippen molar-refractivity contribution in [3.63, 3.8) is 0 Å². The molecule has 1 heterocycles. The molecule has 1 atom stereocenters. The minimum atomic E-state index is -0.730. The van der Waals surface area contributed by atoms with Gasteiger partial charge < -0.3 is 14.5 Å². The Hall–Kier alpha value is -2.28. The molecule has 1 aliphatic rings. The zero-order chi connectivity index (χ0) is 18.6. The molecule has 0 radical (unpaired) electrons. The van der Waals surface area contributed by atoms with E-state index in [-0.39, 0.29) is 18.2 Å². The second kappa shape index (κ2) is 8.20. The number of para-hydroxylation sites is 1. The zero-order valence-electron chi connectivity index (χ0n) is 14.6. The molecule has 1 aromatic carbocycles. The molecule has 1 fully saturated rings. The number of nitrogens with zero attached hydrogens (tertiary/aromatic N) is 3. The van der Waals surface area contributed by atoms with Crippen LogP contribution in [0.2, 0.25) is 5.02 Å². The van der Waals surface area contributed by atoms with E-state index in [1.165, 1.54) is 19.0 Å². The molecule has 8 heteroatoms. The van der Waals surface area contributed by atoms with Gasteiger partial charge in [-0.15, -0.1) is 0 Å². The summed E-state index contributed by atoms with van der Waals surface area (Å²) in [6, 6.07) is 6.08. The summed E-state index contributed by atoms with van der Waals surface area (Å²) in [5.74, 6) is 0.0696. The molecule has 0 saturated carbocycles. The van der Waals surface area contributed by atoms with E-state index in [0.29, 0.717) is 30.3 Å². The molecule has 0 bridgehead atoms. The van der Waals surface area contributed by atoms with Gasteiger partial charge in [-0.25, -0.2) is 4.79 Å². The summed E-state index contributed by atoms with van der Waals surface area (Å²) >= 11 is 6.00. The second-order valence-electron chi connectivity index (χ2n) is 5.96. The van der Waals surface area contributed by atoms with Gasteiger partial charge in [-0.3, -0.25) is 14.5 Å². The summed E-state index contributed by atoms with van der Waals surface area (Å²) in [5, 5.41) is 0.545. The first-order chi connectivity index (χ1) is 11.8. The maximum Gasteiger partial charge on any atom is 0.326 e. The van der Waals surface area contributed by atoms with Gasteiger partial charge in [-0.1, -0.05) is 23.7 Å². The molecule has 1 aromatic rings. The SMILES string of the molecule is CN(CCCOc1ccccc1Cl)C(=O)C[C@@H]1C(=O)N(C)C(=O)N1C. The minimum absolute atomic E-state index is 0.0206. The summed E-state index contributed by atoms with van der Waals surface area (Å²) in [4.78, 5) is 39.9. The van der Waals surface area contributed by atoms with Crippen molar-refractivity contribution in [2.24, 2.45) is 0 Å². The fourth-order valence-corrected chi connectivity index (χ4v) is 2.76. The third-order valence-electron chi connectivity index (χ3n) is 4.20. The fraction of sp³-hybridized carbons (Fsp3) is 0.471. The van der Waals surface area contributed by atoms with Crippen LogP contribution < -0.4 is 4.74 Å². The van der Waals surface area contributed by atoms with Crippen LogP contribution in [0.15, 0.2) is 24.3 Å². The molecular weight excluding hydrogens is 346 g/mol. The topological polar surface area (TPSA) is 70.2 Å². The van der Waals surface area contributed by atoms with E-state index in [4.69, 9.17) is 16.3 Å². The number of benzene rings is 1. The number of ether oxygens (including phenoxy) is 1. The lowest BCUT2D eigenvalue weighted by Gasteiger charge is -2.21. The van der Waals surface area contributed by atoms with E-state index in [1.807, 2.05) is 12.1 Å². The van der Waals surface area contributed by atoms with E-state index in [0.717, 1.165) is 4.90 Å². The smallest absolute Gasteiger partial charge is 0.326 e. The molecule has 2 rings (SSSR count). The van der Waals surface area contributed by atoms with Crippen LogP contribution in [0.5, 0.6) is 5.75 Å². The van der Waals surface area contributed by atoms with E-state index >= 15 is 0 Å². The number of imide groups is 1. The summed E-state index contributed by atoms with van der Waals surface area (Å²) in [7, 11) is 4.61. The lowest BCUT2D eigenvalue weighted by atomic mass is 10.1. The fourth-order valence-electron chi connectivity index (χ4n) is 2.57. The zero-order valence-corrected chi connectivity index (χ0v) is 15.3. The number of hydrogen-bond donors (Lipinski definition) is 0. The van der Waals surface area contributed by atoms with Gasteiger partial charge in [0.05, 0.1) is 18.1 Å². The number of likely N-dealkylation sites (N-methyl/N-ethyl adjacent to an activating group) is 2. The van der Waals surface area contributed by atoms with Gasteiger partial charge in [0.2, 0.25) is 5.91 Å². The normalized spacial score (nSPS) is 17.2. The average molecular weight is 368 g/mol. The molecule has 0 aromatic heterocycles. The molecular formula is C17H22ClN3O4. The number of carbonyl (C=O) groups excluding carboxylic acids is 3. The third kappa shape index (κ3) is 4.42. The largest absolute Gasteiger partial charge is 0.492 e. The highest BCUT2D eigenvalue weighted by Crippen LogP contribution is 2.23. The molecule has 136 valence electrons. The molecule has 0 N–H and O–H groups in total. The van der Waals surface area contributed by atoms with Crippen molar-refractivity contribution in [3.8, 4) is 5.75 Å². The van der Waals surface area contributed by atoms with Crippen molar-refractivity contribution in [2.75, 3.05) is 34.3 Å². The number of rotatable bonds is 7. The minimum Gasteiger partial charge on any atom is -0.492 e. The number of halogens is 1. The van der Waals surface area contributed by atoms with Crippen molar-refractivity contribution < 1.29 is 19.1 Å². The quantitative estimate of drug-likeness (QED) is 0.544. The first kappa shape index (κ1) is 19.1. The molecule has 7 nitrogen and oxygen atoms in total. The number of urea groups is 1. The standard InChI is InChI=1S/C17H22ClN3O4/c1-19(9-6-10-25-14-8-5-4-7-12(14)18)15(22)11-13-16(23)21(3)17(24)20(13)2/h4-5,7-8,13H,6,9-11H2,1-3H3/t13-/m1/s1. The summed E-state index contributed by atoms with van der Waals surface area (Å²) < 4.78 is 5.58. The second-order valence-corrected chi connectivity index (χ2v) is 6.37. The van der Waals surface area contributed by atoms with Crippen molar-refractivity contribution in [2.45, 2.75) is 18.9 Å². The lowest BCUT2D eigenvalue weighted by molar-refractivity contribution is -0.135. The molecule has 1 saturated heterocycles. The van der Waals surface area contributed by atoms with Gasteiger partial charge in [-0.2, -0.15) is 0 Å².